The first kappa shape index (κ1) is 14.5. The average molecular weight is 311 g/mol. The molecule has 0 radical (unpaired) electrons. The van der Waals surface area contributed by atoms with Gasteiger partial charge >= 0.3 is 0 Å². The summed E-state index contributed by atoms with van der Waals surface area (Å²) in [5.41, 5.74) is 1.58. The van der Waals surface area contributed by atoms with Crippen molar-refractivity contribution in [1.29, 1.82) is 0 Å². The van der Waals surface area contributed by atoms with Crippen LogP contribution < -0.4 is 5.32 Å². The number of nitrogens with one attached hydrogen (secondary N) is 1. The van der Waals surface area contributed by atoms with Crippen LogP contribution in [0.4, 0.5) is 0 Å². The van der Waals surface area contributed by atoms with E-state index in [0.717, 1.165) is 24.9 Å². The lowest BCUT2D eigenvalue weighted by molar-refractivity contribution is 0.00988. The molecule has 0 unspecified atom stereocenters. The summed E-state index contributed by atoms with van der Waals surface area (Å²) >= 11 is 0. The number of amides is 1. The lowest BCUT2D eigenvalue weighted by Gasteiger charge is -2.21. The van der Waals surface area contributed by atoms with Crippen LogP contribution in [-0.4, -0.2) is 33.9 Å². The second-order valence-corrected chi connectivity index (χ2v) is 6.58. The number of hydrogen-bond donors (Lipinski definition) is 1. The molecule has 5 heteroatoms. The van der Waals surface area contributed by atoms with Gasteiger partial charge in [-0.15, -0.1) is 0 Å². The largest absolute Gasteiger partial charge is 0.373 e. The Morgan fingerprint density at radius 1 is 1.30 bits per heavy atom. The lowest BCUT2D eigenvalue weighted by Crippen LogP contribution is -2.36. The Bertz CT molecular complexity index is 690. The number of rotatable bonds is 3. The summed E-state index contributed by atoms with van der Waals surface area (Å²) in [6, 6.07) is 9.51. The first-order chi connectivity index (χ1) is 11.2. The molecule has 1 N–H and O–H groups in total. The van der Waals surface area contributed by atoms with E-state index in [4.69, 9.17) is 4.74 Å². The fraction of sp³-hybridized carbons (Fsp3) is 0.444. The molecule has 1 saturated carbocycles. The average Bonchev–Trinajstić information content (AvgIpc) is 3.32. The molecule has 1 aromatic heterocycles. The number of hydrogen-bond acceptors (Lipinski definition) is 3. The van der Waals surface area contributed by atoms with Crippen LogP contribution >= 0.6 is 0 Å². The van der Waals surface area contributed by atoms with Crippen LogP contribution in [0.3, 0.4) is 0 Å². The van der Waals surface area contributed by atoms with Crippen molar-refractivity contribution in [2.75, 3.05) is 6.61 Å². The van der Waals surface area contributed by atoms with Crippen molar-refractivity contribution in [3.8, 4) is 5.69 Å². The van der Waals surface area contributed by atoms with Crippen molar-refractivity contribution < 1.29 is 9.53 Å². The summed E-state index contributed by atoms with van der Waals surface area (Å²) in [5.74, 6) is -0.0392. The molecule has 2 fully saturated rings. The zero-order valence-corrected chi connectivity index (χ0v) is 13.1. The van der Waals surface area contributed by atoms with Gasteiger partial charge in [0.05, 0.1) is 23.9 Å². The zero-order valence-electron chi connectivity index (χ0n) is 13.1. The van der Waals surface area contributed by atoms with E-state index in [1.165, 1.54) is 12.8 Å². The fourth-order valence-corrected chi connectivity index (χ4v) is 3.78. The molecule has 2 aromatic rings. The Morgan fingerprint density at radius 3 is 2.96 bits per heavy atom. The van der Waals surface area contributed by atoms with E-state index in [1.54, 1.807) is 10.9 Å². The minimum atomic E-state index is -0.0392. The van der Waals surface area contributed by atoms with Gasteiger partial charge in [0.2, 0.25) is 0 Å². The molecule has 1 atom stereocenters. The van der Waals surface area contributed by atoms with Gasteiger partial charge in [-0.25, -0.2) is 4.68 Å². The molecule has 1 saturated heterocycles. The number of carbonyl (C=O) groups excluding carboxylic acids is 1. The molecular formula is C18H21N3O2. The molecule has 0 bridgehead atoms. The minimum absolute atomic E-state index is 0.0366. The fourth-order valence-electron chi connectivity index (χ4n) is 3.78. The highest BCUT2D eigenvalue weighted by Crippen LogP contribution is 2.40. The van der Waals surface area contributed by atoms with Crippen LogP contribution in [-0.2, 0) is 4.74 Å². The third-order valence-electron chi connectivity index (χ3n) is 4.94. The van der Waals surface area contributed by atoms with E-state index >= 15 is 0 Å². The SMILES string of the molecule is O=C(N[C@@H]1COC2(CCCC2)C1)c1cccc(-n2cccn2)c1. The van der Waals surface area contributed by atoms with Crippen molar-refractivity contribution >= 4 is 5.91 Å². The van der Waals surface area contributed by atoms with Crippen LogP contribution in [0.2, 0.25) is 0 Å². The minimum Gasteiger partial charge on any atom is -0.373 e. The van der Waals surface area contributed by atoms with Gasteiger partial charge in [0.25, 0.3) is 5.91 Å². The van der Waals surface area contributed by atoms with E-state index < -0.39 is 0 Å². The number of carbonyl (C=O) groups is 1. The van der Waals surface area contributed by atoms with E-state index in [9.17, 15) is 4.79 Å². The molecule has 1 aliphatic carbocycles. The van der Waals surface area contributed by atoms with E-state index in [2.05, 4.69) is 10.4 Å². The van der Waals surface area contributed by atoms with Crippen LogP contribution in [0.25, 0.3) is 5.69 Å². The molecule has 23 heavy (non-hydrogen) atoms. The van der Waals surface area contributed by atoms with E-state index in [-0.39, 0.29) is 17.6 Å². The predicted molar refractivity (Wildman–Crippen MR) is 86.6 cm³/mol. The molecule has 4 rings (SSSR count). The molecule has 1 spiro atoms. The smallest absolute Gasteiger partial charge is 0.251 e. The first-order valence-electron chi connectivity index (χ1n) is 8.29. The third kappa shape index (κ3) is 2.88. The molecule has 1 aromatic carbocycles. The van der Waals surface area contributed by atoms with Gasteiger partial charge in [-0.05, 0) is 43.5 Å². The summed E-state index contributed by atoms with van der Waals surface area (Å²) < 4.78 is 7.76. The second kappa shape index (κ2) is 5.81. The van der Waals surface area contributed by atoms with Gasteiger partial charge in [0.1, 0.15) is 0 Å². The van der Waals surface area contributed by atoms with Crippen molar-refractivity contribution in [2.45, 2.75) is 43.7 Å². The Kier molecular flexibility index (Phi) is 3.65. The summed E-state index contributed by atoms with van der Waals surface area (Å²) in [7, 11) is 0. The van der Waals surface area contributed by atoms with Gasteiger partial charge in [-0.3, -0.25) is 4.79 Å². The molecule has 1 aliphatic heterocycles. The maximum Gasteiger partial charge on any atom is 0.251 e. The quantitative estimate of drug-likeness (QED) is 0.948. The number of benzene rings is 1. The molecule has 1 amide bonds. The Hall–Kier alpha value is -2.14. The maximum absolute atomic E-state index is 12.5. The second-order valence-electron chi connectivity index (χ2n) is 6.58. The van der Waals surface area contributed by atoms with Crippen LogP contribution in [0.5, 0.6) is 0 Å². The highest BCUT2D eigenvalue weighted by atomic mass is 16.5. The molecule has 2 heterocycles. The Morgan fingerprint density at radius 2 is 2.17 bits per heavy atom. The van der Waals surface area contributed by atoms with Crippen molar-refractivity contribution in [3.05, 3.63) is 48.3 Å². The van der Waals surface area contributed by atoms with Gasteiger partial charge in [0.15, 0.2) is 0 Å². The van der Waals surface area contributed by atoms with Crippen LogP contribution in [0.15, 0.2) is 42.7 Å². The topological polar surface area (TPSA) is 56.1 Å². The number of nitrogens with zero attached hydrogens (tertiary/aromatic N) is 2. The monoisotopic (exact) mass is 311 g/mol. The molecular weight excluding hydrogens is 290 g/mol. The van der Waals surface area contributed by atoms with Crippen molar-refractivity contribution in [1.82, 2.24) is 15.1 Å². The number of ether oxygens (including phenoxy) is 1. The Labute approximate surface area is 135 Å². The van der Waals surface area contributed by atoms with Crippen LogP contribution in [0, 0.1) is 0 Å². The first-order valence-corrected chi connectivity index (χ1v) is 8.29. The van der Waals surface area contributed by atoms with Crippen molar-refractivity contribution in [3.63, 3.8) is 0 Å². The van der Waals surface area contributed by atoms with Gasteiger partial charge in [-0.2, -0.15) is 5.10 Å². The molecule has 2 aliphatic rings. The zero-order chi connectivity index (χ0) is 15.7. The highest BCUT2D eigenvalue weighted by molar-refractivity contribution is 5.94. The summed E-state index contributed by atoms with van der Waals surface area (Å²) in [5, 5.41) is 7.33. The molecule has 5 nitrogen and oxygen atoms in total. The normalized spacial score (nSPS) is 22.5. The number of aromatic nitrogens is 2. The summed E-state index contributed by atoms with van der Waals surface area (Å²) in [6.07, 6.45) is 9.29. The standard InChI is InChI=1S/C18H21N3O2/c22-17(20-15-12-18(23-13-15)7-1-2-8-18)14-5-3-6-16(11-14)21-10-4-9-19-21/h3-6,9-11,15H,1-2,7-8,12-13H2,(H,20,22)/t15-/m0/s1. The lowest BCUT2D eigenvalue weighted by atomic mass is 9.96. The predicted octanol–water partition coefficient (Wildman–Crippen LogP) is 2.70. The van der Waals surface area contributed by atoms with Gasteiger partial charge < -0.3 is 10.1 Å². The third-order valence-corrected chi connectivity index (χ3v) is 4.94. The van der Waals surface area contributed by atoms with Crippen LogP contribution in [0.1, 0.15) is 42.5 Å². The Balaban J connectivity index is 1.44. The molecule has 120 valence electrons. The highest BCUT2D eigenvalue weighted by Gasteiger charge is 2.42. The van der Waals surface area contributed by atoms with E-state index in [1.807, 2.05) is 36.5 Å². The van der Waals surface area contributed by atoms with Crippen molar-refractivity contribution in [2.24, 2.45) is 0 Å². The van der Waals surface area contributed by atoms with E-state index in [0.29, 0.717) is 12.2 Å². The maximum atomic E-state index is 12.5. The van der Waals surface area contributed by atoms with Gasteiger partial charge in [0, 0.05) is 18.0 Å². The summed E-state index contributed by atoms with van der Waals surface area (Å²) in [4.78, 5) is 12.5. The summed E-state index contributed by atoms with van der Waals surface area (Å²) in [6.45, 7) is 0.630. The van der Waals surface area contributed by atoms with Gasteiger partial charge in [-0.1, -0.05) is 18.9 Å².